The van der Waals surface area contributed by atoms with Crippen LogP contribution in [-0.4, -0.2) is 38.2 Å². The Kier molecular flexibility index (Phi) is 6.34. The lowest BCUT2D eigenvalue weighted by Crippen LogP contribution is -2.34. The van der Waals surface area contributed by atoms with Gasteiger partial charge in [0.05, 0.1) is 6.61 Å². The molecule has 112 valence electrons. The molecule has 1 heterocycles. The molecule has 0 bridgehead atoms. The molecule has 0 aliphatic carbocycles. The number of hydrogen-bond acceptors (Lipinski definition) is 3. The lowest BCUT2D eigenvalue weighted by molar-refractivity contribution is 0.255. The molecule has 1 saturated heterocycles. The predicted molar refractivity (Wildman–Crippen MR) is 84.3 cm³/mol. The Morgan fingerprint density at radius 1 is 1.10 bits per heavy atom. The van der Waals surface area contributed by atoms with Gasteiger partial charge in [0.15, 0.2) is 0 Å². The van der Waals surface area contributed by atoms with Crippen molar-refractivity contribution in [3.8, 4) is 5.75 Å². The van der Waals surface area contributed by atoms with E-state index in [4.69, 9.17) is 4.74 Å². The van der Waals surface area contributed by atoms with Crippen molar-refractivity contribution < 1.29 is 4.74 Å². The fraction of sp³-hybridized carbons (Fsp3) is 0.647. The molecule has 0 amide bonds. The van der Waals surface area contributed by atoms with Crippen molar-refractivity contribution in [1.82, 2.24) is 10.2 Å². The summed E-state index contributed by atoms with van der Waals surface area (Å²) >= 11 is 0. The van der Waals surface area contributed by atoms with Crippen LogP contribution in [0.15, 0.2) is 24.3 Å². The number of ether oxygens (including phenoxy) is 1. The van der Waals surface area contributed by atoms with E-state index in [1.54, 1.807) is 0 Å². The van der Waals surface area contributed by atoms with E-state index in [0.717, 1.165) is 18.9 Å². The third-order valence-electron chi connectivity index (χ3n) is 4.08. The first kappa shape index (κ1) is 15.3. The molecule has 2 rings (SSSR count). The average molecular weight is 276 g/mol. The molecule has 3 heteroatoms. The lowest BCUT2D eigenvalue weighted by Gasteiger charge is -2.26. The van der Waals surface area contributed by atoms with Crippen molar-refractivity contribution in [1.29, 1.82) is 0 Å². The van der Waals surface area contributed by atoms with Gasteiger partial charge in [0.25, 0.3) is 0 Å². The monoisotopic (exact) mass is 276 g/mol. The van der Waals surface area contributed by atoms with E-state index >= 15 is 0 Å². The summed E-state index contributed by atoms with van der Waals surface area (Å²) in [4.78, 5) is 2.60. The van der Waals surface area contributed by atoms with Crippen LogP contribution in [0.4, 0.5) is 0 Å². The van der Waals surface area contributed by atoms with E-state index in [2.05, 4.69) is 41.5 Å². The van der Waals surface area contributed by atoms with Gasteiger partial charge in [-0.15, -0.1) is 0 Å². The van der Waals surface area contributed by atoms with Gasteiger partial charge in [-0.2, -0.15) is 0 Å². The second kappa shape index (κ2) is 8.28. The Morgan fingerprint density at radius 3 is 2.30 bits per heavy atom. The molecule has 3 nitrogen and oxygen atoms in total. The van der Waals surface area contributed by atoms with Crippen LogP contribution in [0.1, 0.15) is 44.2 Å². The first-order valence-corrected chi connectivity index (χ1v) is 7.96. The fourth-order valence-corrected chi connectivity index (χ4v) is 2.90. The van der Waals surface area contributed by atoms with Crippen molar-refractivity contribution in [2.24, 2.45) is 0 Å². The SMILES string of the molecule is CCOc1ccc(C(CN2CCCCCC2)NC)cc1. The number of nitrogens with one attached hydrogen (secondary N) is 1. The van der Waals surface area contributed by atoms with Crippen LogP contribution in [0.25, 0.3) is 0 Å². The van der Waals surface area contributed by atoms with Gasteiger partial charge >= 0.3 is 0 Å². The summed E-state index contributed by atoms with van der Waals surface area (Å²) in [5.41, 5.74) is 1.35. The highest BCUT2D eigenvalue weighted by molar-refractivity contribution is 5.29. The molecule has 1 aromatic rings. The molecule has 1 aliphatic rings. The zero-order valence-corrected chi connectivity index (χ0v) is 12.9. The highest BCUT2D eigenvalue weighted by Crippen LogP contribution is 2.20. The number of benzene rings is 1. The maximum Gasteiger partial charge on any atom is 0.119 e. The minimum atomic E-state index is 0.406. The van der Waals surface area contributed by atoms with Gasteiger partial charge in [0.2, 0.25) is 0 Å². The largest absolute Gasteiger partial charge is 0.494 e. The smallest absolute Gasteiger partial charge is 0.119 e. The van der Waals surface area contributed by atoms with Gasteiger partial charge in [-0.3, -0.25) is 0 Å². The first-order valence-electron chi connectivity index (χ1n) is 7.96. The minimum absolute atomic E-state index is 0.406. The highest BCUT2D eigenvalue weighted by atomic mass is 16.5. The van der Waals surface area contributed by atoms with Gasteiger partial charge in [-0.05, 0) is 57.6 Å². The average Bonchev–Trinajstić information content (AvgIpc) is 2.75. The normalized spacial score (nSPS) is 18.5. The molecule has 1 aliphatic heterocycles. The molecule has 1 aromatic carbocycles. The molecule has 0 saturated carbocycles. The molecule has 1 unspecified atom stereocenters. The van der Waals surface area contributed by atoms with Crippen LogP contribution in [-0.2, 0) is 0 Å². The molecular weight excluding hydrogens is 248 g/mol. The molecule has 0 radical (unpaired) electrons. The number of rotatable bonds is 6. The summed E-state index contributed by atoms with van der Waals surface area (Å²) in [6.07, 6.45) is 5.48. The third kappa shape index (κ3) is 4.50. The number of likely N-dealkylation sites (tertiary alicyclic amines) is 1. The maximum atomic E-state index is 5.51. The lowest BCUT2D eigenvalue weighted by atomic mass is 10.1. The van der Waals surface area contributed by atoms with Crippen molar-refractivity contribution in [2.75, 3.05) is 33.3 Å². The van der Waals surface area contributed by atoms with Gasteiger partial charge in [-0.1, -0.05) is 25.0 Å². The topological polar surface area (TPSA) is 24.5 Å². The minimum Gasteiger partial charge on any atom is -0.494 e. The number of nitrogens with zero attached hydrogens (tertiary/aromatic N) is 1. The maximum absolute atomic E-state index is 5.51. The number of hydrogen-bond donors (Lipinski definition) is 1. The van der Waals surface area contributed by atoms with Crippen molar-refractivity contribution in [2.45, 2.75) is 38.6 Å². The molecule has 20 heavy (non-hydrogen) atoms. The molecule has 1 fully saturated rings. The Labute approximate surface area is 123 Å². The molecular formula is C17H28N2O. The summed E-state index contributed by atoms with van der Waals surface area (Å²) in [5, 5.41) is 3.46. The van der Waals surface area contributed by atoms with Crippen molar-refractivity contribution >= 4 is 0 Å². The van der Waals surface area contributed by atoms with E-state index in [-0.39, 0.29) is 0 Å². The fourth-order valence-electron chi connectivity index (χ4n) is 2.90. The van der Waals surface area contributed by atoms with Crippen molar-refractivity contribution in [3.05, 3.63) is 29.8 Å². The number of likely N-dealkylation sites (N-methyl/N-ethyl adjacent to an activating group) is 1. The zero-order chi connectivity index (χ0) is 14.2. The van der Waals surface area contributed by atoms with E-state index < -0.39 is 0 Å². The summed E-state index contributed by atoms with van der Waals surface area (Å²) in [6.45, 7) is 6.33. The molecule has 1 N–H and O–H groups in total. The van der Waals surface area contributed by atoms with E-state index in [0.29, 0.717) is 6.04 Å². The second-order valence-electron chi connectivity index (χ2n) is 5.56. The summed E-state index contributed by atoms with van der Waals surface area (Å²) in [6, 6.07) is 8.93. The van der Waals surface area contributed by atoms with Crippen molar-refractivity contribution in [3.63, 3.8) is 0 Å². The zero-order valence-electron chi connectivity index (χ0n) is 12.9. The van der Waals surface area contributed by atoms with Gasteiger partial charge in [0.1, 0.15) is 5.75 Å². The third-order valence-corrected chi connectivity index (χ3v) is 4.08. The van der Waals surface area contributed by atoms with Crippen LogP contribution in [0, 0.1) is 0 Å². The highest BCUT2D eigenvalue weighted by Gasteiger charge is 2.16. The van der Waals surface area contributed by atoms with Gasteiger partial charge < -0.3 is 15.0 Å². The summed E-state index contributed by atoms with van der Waals surface area (Å²) in [5.74, 6) is 0.959. The van der Waals surface area contributed by atoms with E-state index in [1.165, 1.54) is 44.3 Å². The quantitative estimate of drug-likeness (QED) is 0.863. The van der Waals surface area contributed by atoms with Gasteiger partial charge in [0, 0.05) is 12.6 Å². The summed E-state index contributed by atoms with van der Waals surface area (Å²) in [7, 11) is 2.05. The van der Waals surface area contributed by atoms with E-state index in [1.807, 2.05) is 6.92 Å². The van der Waals surface area contributed by atoms with Crippen LogP contribution in [0.2, 0.25) is 0 Å². The van der Waals surface area contributed by atoms with Crippen LogP contribution in [0.3, 0.4) is 0 Å². The van der Waals surface area contributed by atoms with Gasteiger partial charge in [-0.25, -0.2) is 0 Å². The Morgan fingerprint density at radius 2 is 1.75 bits per heavy atom. The Bertz CT molecular complexity index is 369. The van der Waals surface area contributed by atoms with Crippen LogP contribution < -0.4 is 10.1 Å². The van der Waals surface area contributed by atoms with Crippen LogP contribution >= 0.6 is 0 Å². The van der Waals surface area contributed by atoms with Crippen LogP contribution in [0.5, 0.6) is 5.75 Å². The molecule has 0 aromatic heterocycles. The second-order valence-corrected chi connectivity index (χ2v) is 5.56. The Hall–Kier alpha value is -1.06. The molecule has 1 atom stereocenters. The first-order chi connectivity index (χ1) is 9.83. The predicted octanol–water partition coefficient (Wildman–Crippen LogP) is 3.22. The van der Waals surface area contributed by atoms with E-state index in [9.17, 15) is 0 Å². The molecule has 0 spiro atoms. The standard InChI is InChI=1S/C17H28N2O/c1-3-20-16-10-8-15(9-11-16)17(18-2)14-19-12-6-4-5-7-13-19/h8-11,17-18H,3-7,12-14H2,1-2H3. The summed E-state index contributed by atoms with van der Waals surface area (Å²) < 4.78 is 5.51. The Balaban J connectivity index is 1.95.